The summed E-state index contributed by atoms with van der Waals surface area (Å²) in [5.41, 5.74) is 0.545. The van der Waals surface area contributed by atoms with E-state index in [1.54, 1.807) is 6.92 Å². The number of aliphatic hydroxyl groups excluding tert-OH is 1. The predicted octanol–water partition coefficient (Wildman–Crippen LogP) is 0.606. The highest BCUT2D eigenvalue weighted by Crippen LogP contribution is 2.17. The van der Waals surface area contributed by atoms with Gasteiger partial charge in [-0.05, 0) is 31.0 Å². The fourth-order valence-corrected chi connectivity index (χ4v) is 2.86. The number of aromatic carboxylic acids is 1. The topological polar surface area (TPSA) is 104 Å². The Morgan fingerprint density at radius 2 is 2.05 bits per heavy atom. The van der Waals surface area contributed by atoms with Crippen LogP contribution in [0, 0.1) is 0 Å². The van der Waals surface area contributed by atoms with Gasteiger partial charge in [0.15, 0.2) is 0 Å². The number of carboxylic acids is 1. The Balaban J connectivity index is 3.22. The van der Waals surface area contributed by atoms with Gasteiger partial charge in [-0.15, -0.1) is 0 Å². The molecule has 0 saturated heterocycles. The first-order valence-electron chi connectivity index (χ1n) is 5.81. The molecule has 1 unspecified atom stereocenters. The summed E-state index contributed by atoms with van der Waals surface area (Å²) < 4.78 is 26.2. The maximum atomic E-state index is 12.0. The first-order chi connectivity index (χ1) is 8.81. The number of hydrogen-bond acceptors (Lipinski definition) is 4. The van der Waals surface area contributed by atoms with E-state index in [0.29, 0.717) is 12.0 Å². The fourth-order valence-electron chi connectivity index (χ4n) is 1.60. The summed E-state index contributed by atoms with van der Waals surface area (Å²) in [5, 5.41) is 17.9. The SMILES string of the molecule is CCc1ccc(S(=O)(=O)NC(C)CO)cc1C(=O)O. The molecular weight excluding hydrogens is 270 g/mol. The van der Waals surface area contributed by atoms with Crippen molar-refractivity contribution in [3.63, 3.8) is 0 Å². The Labute approximate surface area is 112 Å². The maximum absolute atomic E-state index is 12.0. The van der Waals surface area contributed by atoms with Crippen molar-refractivity contribution in [1.29, 1.82) is 0 Å². The van der Waals surface area contributed by atoms with Crippen LogP contribution in [0.25, 0.3) is 0 Å². The van der Waals surface area contributed by atoms with Crippen molar-refractivity contribution < 1.29 is 23.4 Å². The van der Waals surface area contributed by atoms with Gasteiger partial charge in [0.1, 0.15) is 0 Å². The molecule has 0 spiro atoms. The first kappa shape index (κ1) is 15.6. The van der Waals surface area contributed by atoms with Crippen LogP contribution in [0.3, 0.4) is 0 Å². The quantitative estimate of drug-likeness (QED) is 0.711. The molecule has 1 atom stereocenters. The third-order valence-corrected chi connectivity index (χ3v) is 4.22. The number of nitrogens with one attached hydrogen (secondary N) is 1. The van der Waals surface area contributed by atoms with Crippen LogP contribution >= 0.6 is 0 Å². The van der Waals surface area contributed by atoms with Crippen molar-refractivity contribution in [2.45, 2.75) is 31.2 Å². The Morgan fingerprint density at radius 3 is 2.53 bits per heavy atom. The van der Waals surface area contributed by atoms with Crippen LogP contribution in [0.4, 0.5) is 0 Å². The second-order valence-electron chi connectivity index (χ2n) is 4.18. The van der Waals surface area contributed by atoms with Crippen molar-refractivity contribution in [2.24, 2.45) is 0 Å². The van der Waals surface area contributed by atoms with Gasteiger partial charge >= 0.3 is 5.97 Å². The Kier molecular flexibility index (Phi) is 5.04. The van der Waals surface area contributed by atoms with Gasteiger partial charge in [0.2, 0.25) is 10.0 Å². The Hall–Kier alpha value is -1.44. The van der Waals surface area contributed by atoms with Gasteiger partial charge in [0.25, 0.3) is 0 Å². The van der Waals surface area contributed by atoms with E-state index in [-0.39, 0.29) is 17.1 Å². The van der Waals surface area contributed by atoms with Gasteiger partial charge in [0.05, 0.1) is 17.1 Å². The molecule has 0 aliphatic rings. The number of carbonyl (C=O) groups is 1. The minimum atomic E-state index is -3.83. The summed E-state index contributed by atoms with van der Waals surface area (Å²) >= 11 is 0. The summed E-state index contributed by atoms with van der Waals surface area (Å²) in [4.78, 5) is 11.0. The van der Waals surface area contributed by atoms with E-state index >= 15 is 0 Å². The van der Waals surface area contributed by atoms with Crippen molar-refractivity contribution in [2.75, 3.05) is 6.61 Å². The molecule has 1 aromatic carbocycles. The summed E-state index contributed by atoms with van der Waals surface area (Å²) in [6.07, 6.45) is 0.502. The molecule has 19 heavy (non-hydrogen) atoms. The zero-order valence-electron chi connectivity index (χ0n) is 10.8. The fraction of sp³-hybridized carbons (Fsp3) is 0.417. The lowest BCUT2D eigenvalue weighted by Crippen LogP contribution is -2.35. The second kappa shape index (κ2) is 6.14. The van der Waals surface area contributed by atoms with Crippen molar-refractivity contribution in [3.05, 3.63) is 29.3 Å². The van der Waals surface area contributed by atoms with Gasteiger partial charge < -0.3 is 10.2 Å². The molecule has 0 heterocycles. The molecule has 0 aromatic heterocycles. The van der Waals surface area contributed by atoms with E-state index in [1.807, 2.05) is 0 Å². The highest BCUT2D eigenvalue weighted by Gasteiger charge is 2.20. The van der Waals surface area contributed by atoms with Gasteiger partial charge in [0, 0.05) is 6.04 Å². The van der Waals surface area contributed by atoms with Crippen LogP contribution in [0.2, 0.25) is 0 Å². The summed E-state index contributed by atoms with van der Waals surface area (Å²) in [6, 6.07) is 3.34. The number of aliphatic hydroxyl groups is 1. The Morgan fingerprint density at radius 1 is 1.42 bits per heavy atom. The number of aryl methyl sites for hydroxylation is 1. The average Bonchev–Trinajstić information content (AvgIpc) is 2.37. The van der Waals surface area contributed by atoms with Crippen LogP contribution in [0.5, 0.6) is 0 Å². The number of hydrogen-bond donors (Lipinski definition) is 3. The molecule has 7 heteroatoms. The molecule has 0 bridgehead atoms. The standard InChI is InChI=1S/C12H17NO5S/c1-3-9-4-5-10(6-11(9)12(15)16)19(17,18)13-8(2)7-14/h4-6,8,13-14H,3,7H2,1-2H3,(H,15,16). The molecule has 1 rings (SSSR count). The van der Waals surface area contributed by atoms with E-state index in [4.69, 9.17) is 10.2 Å². The average molecular weight is 287 g/mol. The molecule has 3 N–H and O–H groups in total. The van der Waals surface area contributed by atoms with E-state index in [1.165, 1.54) is 19.1 Å². The monoisotopic (exact) mass is 287 g/mol. The third kappa shape index (κ3) is 3.76. The number of benzene rings is 1. The minimum Gasteiger partial charge on any atom is -0.478 e. The first-order valence-corrected chi connectivity index (χ1v) is 7.29. The van der Waals surface area contributed by atoms with Crippen molar-refractivity contribution in [3.8, 4) is 0 Å². The Bertz CT molecular complexity index is 567. The molecule has 106 valence electrons. The highest BCUT2D eigenvalue weighted by atomic mass is 32.2. The third-order valence-electron chi connectivity index (χ3n) is 2.63. The number of carboxylic acid groups (broad SMARTS) is 1. The van der Waals surface area contributed by atoms with E-state index in [2.05, 4.69) is 4.72 Å². The minimum absolute atomic E-state index is 0.0259. The van der Waals surface area contributed by atoms with Crippen LogP contribution < -0.4 is 4.72 Å². The largest absolute Gasteiger partial charge is 0.478 e. The van der Waals surface area contributed by atoms with Crippen molar-refractivity contribution >= 4 is 16.0 Å². The van der Waals surface area contributed by atoms with Gasteiger partial charge in [-0.1, -0.05) is 13.0 Å². The summed E-state index contributed by atoms with van der Waals surface area (Å²) in [7, 11) is -3.83. The van der Waals surface area contributed by atoms with E-state index in [0.717, 1.165) is 6.07 Å². The van der Waals surface area contributed by atoms with Crippen LogP contribution in [-0.2, 0) is 16.4 Å². The second-order valence-corrected chi connectivity index (χ2v) is 5.90. The molecular formula is C12H17NO5S. The van der Waals surface area contributed by atoms with Gasteiger partial charge in [-0.3, -0.25) is 0 Å². The molecule has 6 nitrogen and oxygen atoms in total. The number of sulfonamides is 1. The molecule has 0 amide bonds. The molecule has 0 saturated carbocycles. The highest BCUT2D eigenvalue weighted by molar-refractivity contribution is 7.89. The predicted molar refractivity (Wildman–Crippen MR) is 69.6 cm³/mol. The van der Waals surface area contributed by atoms with E-state index < -0.39 is 22.0 Å². The van der Waals surface area contributed by atoms with Crippen LogP contribution in [0.15, 0.2) is 23.1 Å². The zero-order valence-corrected chi connectivity index (χ0v) is 11.6. The molecule has 0 aliphatic heterocycles. The lowest BCUT2D eigenvalue weighted by atomic mass is 10.1. The lowest BCUT2D eigenvalue weighted by molar-refractivity contribution is 0.0695. The summed E-state index contributed by atoms with van der Waals surface area (Å²) in [5.74, 6) is -1.16. The maximum Gasteiger partial charge on any atom is 0.336 e. The normalized spacial score (nSPS) is 13.2. The molecule has 0 radical (unpaired) electrons. The van der Waals surface area contributed by atoms with Crippen LogP contribution in [0.1, 0.15) is 29.8 Å². The van der Waals surface area contributed by atoms with Crippen LogP contribution in [-0.4, -0.2) is 37.2 Å². The molecule has 1 aromatic rings. The summed E-state index contributed by atoms with van der Waals surface area (Å²) in [6.45, 7) is 2.97. The lowest BCUT2D eigenvalue weighted by Gasteiger charge is -2.13. The van der Waals surface area contributed by atoms with Crippen molar-refractivity contribution in [1.82, 2.24) is 4.72 Å². The molecule has 0 fully saturated rings. The zero-order chi connectivity index (χ0) is 14.6. The molecule has 0 aliphatic carbocycles. The van der Waals surface area contributed by atoms with Gasteiger partial charge in [-0.25, -0.2) is 17.9 Å². The van der Waals surface area contributed by atoms with Gasteiger partial charge in [-0.2, -0.15) is 0 Å². The smallest absolute Gasteiger partial charge is 0.336 e. The van der Waals surface area contributed by atoms with E-state index in [9.17, 15) is 13.2 Å². The number of rotatable bonds is 6.